The highest BCUT2D eigenvalue weighted by molar-refractivity contribution is 5.76. The summed E-state index contributed by atoms with van der Waals surface area (Å²) in [7, 11) is 0. The van der Waals surface area contributed by atoms with E-state index in [2.05, 4.69) is 41.5 Å². The standard InChI is InChI=1S/C27H55O.2Mg.4H/c1-7-13-17-18-19-23-27(12-6,22-16-10-4)26(21-15-9-3)28-24-25(11-5)20-14-8-2;;;;;;/h25H,7-24H2,1-6H3;;;;;;. The Kier molecular flexibility index (Phi) is 30.2. The Hall–Kier alpha value is 1.49. The van der Waals surface area contributed by atoms with Gasteiger partial charge in [-0.1, -0.05) is 119 Å². The second kappa shape index (κ2) is 25.1. The topological polar surface area (TPSA) is 9.23 Å². The monoisotopic (exact) mass is 447 g/mol. The average Bonchev–Trinajstić information content (AvgIpc) is 2.72. The van der Waals surface area contributed by atoms with Gasteiger partial charge in [-0.15, -0.1) is 0 Å². The molecule has 177 valence electrons. The highest BCUT2D eigenvalue weighted by Gasteiger charge is 2.37. The van der Waals surface area contributed by atoms with E-state index >= 15 is 0 Å². The van der Waals surface area contributed by atoms with Crippen molar-refractivity contribution in [1.29, 1.82) is 0 Å². The van der Waals surface area contributed by atoms with E-state index in [-0.39, 0.29) is 46.1 Å². The van der Waals surface area contributed by atoms with Crippen molar-refractivity contribution in [3.63, 3.8) is 0 Å². The lowest BCUT2D eigenvalue weighted by molar-refractivity contribution is 0.00682. The third kappa shape index (κ3) is 16.2. The fourth-order valence-corrected chi connectivity index (χ4v) is 4.48. The molecule has 0 rings (SSSR count). The number of hydrogen-bond donors (Lipinski definition) is 0. The molecule has 2 atom stereocenters. The molecule has 0 saturated heterocycles. The van der Waals surface area contributed by atoms with Crippen LogP contribution in [0.25, 0.3) is 0 Å². The van der Waals surface area contributed by atoms with Crippen molar-refractivity contribution in [3.8, 4) is 0 Å². The van der Waals surface area contributed by atoms with Crippen LogP contribution in [0.2, 0.25) is 0 Å². The minimum atomic E-state index is 0. The van der Waals surface area contributed by atoms with E-state index in [1.165, 1.54) is 115 Å². The molecule has 3 heteroatoms. The maximum absolute atomic E-state index is 6.74. The van der Waals surface area contributed by atoms with Crippen LogP contribution >= 0.6 is 0 Å². The molecule has 1 radical (unpaired) electrons. The fraction of sp³-hybridized carbons (Fsp3) is 0.963. The van der Waals surface area contributed by atoms with Gasteiger partial charge in [-0.25, -0.2) is 0 Å². The quantitative estimate of drug-likeness (QED) is 0.127. The Bertz CT molecular complexity index is 324. The lowest BCUT2D eigenvalue weighted by Crippen LogP contribution is -2.32. The number of unbranched alkanes of at least 4 members (excludes halogenated alkanes) is 7. The first-order valence-corrected chi connectivity index (χ1v) is 13.1. The van der Waals surface area contributed by atoms with Crippen LogP contribution < -0.4 is 0 Å². The molecule has 0 N–H and O–H groups in total. The predicted octanol–water partition coefficient (Wildman–Crippen LogP) is 8.06. The molecular formula is C27H59Mg2O. The van der Waals surface area contributed by atoms with Crippen molar-refractivity contribution in [2.24, 2.45) is 11.3 Å². The van der Waals surface area contributed by atoms with E-state index in [1.54, 1.807) is 0 Å². The van der Waals surface area contributed by atoms with E-state index in [1.807, 2.05) is 0 Å². The maximum atomic E-state index is 6.74. The molecule has 30 heavy (non-hydrogen) atoms. The van der Waals surface area contributed by atoms with Gasteiger partial charge in [0.15, 0.2) is 0 Å². The summed E-state index contributed by atoms with van der Waals surface area (Å²) in [5.41, 5.74) is 0.334. The molecule has 0 aliphatic heterocycles. The fourth-order valence-electron chi connectivity index (χ4n) is 4.48. The van der Waals surface area contributed by atoms with Gasteiger partial charge in [0.1, 0.15) is 6.10 Å². The number of rotatable bonds is 21. The van der Waals surface area contributed by atoms with E-state index < -0.39 is 0 Å². The summed E-state index contributed by atoms with van der Waals surface area (Å²) in [6.07, 6.45) is 23.9. The summed E-state index contributed by atoms with van der Waals surface area (Å²) >= 11 is 0. The number of ether oxygens (including phenoxy) is 1. The third-order valence-electron chi connectivity index (χ3n) is 6.83. The van der Waals surface area contributed by atoms with Gasteiger partial charge >= 0.3 is 46.1 Å². The van der Waals surface area contributed by atoms with Gasteiger partial charge in [0, 0.05) is 5.41 Å². The highest BCUT2D eigenvalue weighted by Crippen LogP contribution is 2.46. The molecule has 0 heterocycles. The van der Waals surface area contributed by atoms with E-state index in [0.717, 1.165) is 12.5 Å². The van der Waals surface area contributed by atoms with Crippen LogP contribution in [0.1, 0.15) is 151 Å². The van der Waals surface area contributed by atoms with E-state index in [9.17, 15) is 0 Å². The molecule has 0 aliphatic rings. The first-order valence-electron chi connectivity index (χ1n) is 13.1. The average molecular weight is 448 g/mol. The molecule has 2 unspecified atom stereocenters. The van der Waals surface area contributed by atoms with Crippen LogP contribution in [-0.4, -0.2) is 52.7 Å². The minimum absolute atomic E-state index is 0. The zero-order chi connectivity index (χ0) is 21.1. The van der Waals surface area contributed by atoms with Crippen LogP contribution in [0.3, 0.4) is 0 Å². The normalized spacial score (nSPS) is 14.1. The van der Waals surface area contributed by atoms with Gasteiger partial charge in [-0.2, -0.15) is 0 Å². The van der Waals surface area contributed by atoms with Crippen LogP contribution in [0.4, 0.5) is 0 Å². The third-order valence-corrected chi connectivity index (χ3v) is 6.83. The van der Waals surface area contributed by atoms with Gasteiger partial charge in [-0.3, -0.25) is 0 Å². The molecule has 1 nitrogen and oxygen atoms in total. The Labute approximate surface area is 224 Å². The molecule has 0 fully saturated rings. The molecule has 0 spiro atoms. The van der Waals surface area contributed by atoms with E-state index in [4.69, 9.17) is 4.74 Å². The van der Waals surface area contributed by atoms with Crippen molar-refractivity contribution in [2.75, 3.05) is 6.61 Å². The van der Waals surface area contributed by atoms with Gasteiger partial charge < -0.3 is 4.74 Å². The second-order valence-electron chi connectivity index (χ2n) is 9.16. The molecule has 0 bridgehead atoms. The van der Waals surface area contributed by atoms with Crippen molar-refractivity contribution < 1.29 is 4.74 Å². The lowest BCUT2D eigenvalue weighted by atomic mass is 9.70. The molecule has 0 aromatic carbocycles. The van der Waals surface area contributed by atoms with Gasteiger partial charge in [0.2, 0.25) is 0 Å². The zero-order valence-corrected chi connectivity index (χ0v) is 20.7. The predicted molar refractivity (Wildman–Crippen MR) is 145 cm³/mol. The molecule has 0 saturated carbocycles. The summed E-state index contributed by atoms with van der Waals surface area (Å²) in [5.74, 6) is 0.738. The van der Waals surface area contributed by atoms with Crippen molar-refractivity contribution in [2.45, 2.75) is 151 Å². The van der Waals surface area contributed by atoms with Gasteiger partial charge in [0.05, 0.1) is 6.61 Å². The smallest absolute Gasteiger partial charge is 0.316 e. The molecule has 0 aromatic rings. The number of hydrogen-bond acceptors (Lipinski definition) is 1. The molecular weight excluding hydrogens is 389 g/mol. The second-order valence-corrected chi connectivity index (χ2v) is 9.16. The van der Waals surface area contributed by atoms with Crippen molar-refractivity contribution >= 4 is 46.1 Å². The Morgan fingerprint density at radius 1 is 0.667 bits per heavy atom. The van der Waals surface area contributed by atoms with Crippen LogP contribution in [0, 0.1) is 17.4 Å². The molecule has 0 aliphatic carbocycles. The largest absolute Gasteiger partial charge is 0.371 e. The molecule has 0 aromatic heterocycles. The lowest BCUT2D eigenvalue weighted by Gasteiger charge is -2.40. The highest BCUT2D eigenvalue weighted by atomic mass is 24.3. The van der Waals surface area contributed by atoms with Crippen LogP contribution in [0.5, 0.6) is 0 Å². The maximum Gasteiger partial charge on any atom is 0.316 e. The first-order chi connectivity index (χ1) is 13.6. The molecule has 0 amide bonds. The van der Waals surface area contributed by atoms with Crippen LogP contribution in [-0.2, 0) is 4.74 Å². The minimum Gasteiger partial charge on any atom is -0.371 e. The first kappa shape index (κ1) is 36.1. The Morgan fingerprint density at radius 2 is 1.23 bits per heavy atom. The SMILES string of the molecule is CCCCCCCC(CC)(CCCC)[C](CCCC)OCC(CC)CCCC.[MgH2].[MgH2]. The summed E-state index contributed by atoms with van der Waals surface area (Å²) in [6, 6.07) is 0. The Balaban J connectivity index is -0.00000364. The van der Waals surface area contributed by atoms with Crippen LogP contribution in [0.15, 0.2) is 0 Å². The van der Waals surface area contributed by atoms with Gasteiger partial charge in [-0.05, 0) is 38.0 Å². The summed E-state index contributed by atoms with van der Waals surface area (Å²) < 4.78 is 6.74. The summed E-state index contributed by atoms with van der Waals surface area (Å²) in [4.78, 5) is 0. The summed E-state index contributed by atoms with van der Waals surface area (Å²) in [5, 5.41) is 0. The zero-order valence-electron chi connectivity index (χ0n) is 20.7. The summed E-state index contributed by atoms with van der Waals surface area (Å²) in [6.45, 7) is 15.0. The van der Waals surface area contributed by atoms with Gasteiger partial charge in [0.25, 0.3) is 0 Å². The Morgan fingerprint density at radius 3 is 1.77 bits per heavy atom. The van der Waals surface area contributed by atoms with Crippen molar-refractivity contribution in [1.82, 2.24) is 0 Å². The van der Waals surface area contributed by atoms with Crippen molar-refractivity contribution in [3.05, 3.63) is 6.10 Å². The van der Waals surface area contributed by atoms with E-state index in [0.29, 0.717) is 5.41 Å².